The molecule has 1 fully saturated rings. The Kier molecular flexibility index (Phi) is 6.27. The van der Waals surface area contributed by atoms with Gasteiger partial charge in [-0.05, 0) is 68.2 Å². The first kappa shape index (κ1) is 19.7. The molecule has 0 saturated carbocycles. The molecule has 0 N–H and O–H groups in total. The van der Waals surface area contributed by atoms with Crippen molar-refractivity contribution >= 4 is 11.6 Å². The second-order valence-corrected chi connectivity index (χ2v) is 7.73. The molecular formula is C23H24ClN3O2. The molecule has 0 aliphatic carbocycles. The van der Waals surface area contributed by atoms with Crippen LogP contribution in [0.25, 0.3) is 5.69 Å². The predicted octanol–water partition coefficient (Wildman–Crippen LogP) is 4.10. The van der Waals surface area contributed by atoms with E-state index in [1.165, 1.54) is 37.6 Å². The number of hydrogen-bond acceptors (Lipinski definition) is 4. The van der Waals surface area contributed by atoms with Crippen molar-refractivity contribution in [2.45, 2.75) is 25.9 Å². The summed E-state index contributed by atoms with van der Waals surface area (Å²) in [4.78, 5) is 19.2. The van der Waals surface area contributed by atoms with E-state index < -0.39 is 0 Å². The first-order valence-electron chi connectivity index (χ1n) is 9.95. The van der Waals surface area contributed by atoms with Crippen molar-refractivity contribution in [1.29, 1.82) is 0 Å². The SMILES string of the molecule is O=c1cc(OCc2ccc(Cl)cn2)ccn1-c1ccc(CCN2CCCC2)cc1. The zero-order chi connectivity index (χ0) is 20.1. The van der Waals surface area contributed by atoms with Gasteiger partial charge in [0, 0.05) is 30.7 Å². The van der Waals surface area contributed by atoms with Crippen LogP contribution in [0.1, 0.15) is 24.1 Å². The summed E-state index contributed by atoms with van der Waals surface area (Å²) >= 11 is 5.83. The Morgan fingerprint density at radius 3 is 2.52 bits per heavy atom. The van der Waals surface area contributed by atoms with Crippen LogP contribution in [0.3, 0.4) is 0 Å². The van der Waals surface area contributed by atoms with Crippen molar-refractivity contribution in [2.24, 2.45) is 0 Å². The molecule has 0 bridgehead atoms. The summed E-state index contributed by atoms with van der Waals surface area (Å²) in [6, 6.07) is 15.1. The second kappa shape index (κ2) is 9.25. The molecule has 150 valence electrons. The maximum Gasteiger partial charge on any atom is 0.258 e. The Labute approximate surface area is 175 Å². The summed E-state index contributed by atoms with van der Waals surface area (Å²) in [5, 5.41) is 0.582. The Bertz CT molecular complexity index is 994. The second-order valence-electron chi connectivity index (χ2n) is 7.29. The van der Waals surface area contributed by atoms with E-state index in [2.05, 4.69) is 22.0 Å². The number of nitrogens with zero attached hydrogens (tertiary/aromatic N) is 3. The Morgan fingerprint density at radius 1 is 1.03 bits per heavy atom. The summed E-state index contributed by atoms with van der Waals surface area (Å²) in [5.41, 5.74) is 2.77. The van der Waals surface area contributed by atoms with Crippen molar-refractivity contribution in [3.05, 3.63) is 87.6 Å². The third-order valence-corrected chi connectivity index (χ3v) is 5.42. The minimum Gasteiger partial charge on any atom is -0.487 e. The van der Waals surface area contributed by atoms with Crippen LogP contribution in [-0.4, -0.2) is 34.1 Å². The van der Waals surface area contributed by atoms with E-state index in [0.717, 1.165) is 24.3 Å². The number of benzene rings is 1. The monoisotopic (exact) mass is 409 g/mol. The Morgan fingerprint density at radius 2 is 1.83 bits per heavy atom. The van der Waals surface area contributed by atoms with Gasteiger partial charge in [-0.1, -0.05) is 23.7 Å². The molecule has 1 aliphatic heterocycles. The largest absolute Gasteiger partial charge is 0.487 e. The normalized spacial score (nSPS) is 14.2. The molecule has 29 heavy (non-hydrogen) atoms. The van der Waals surface area contributed by atoms with Gasteiger partial charge in [0.25, 0.3) is 5.56 Å². The van der Waals surface area contributed by atoms with Crippen molar-refractivity contribution in [3.8, 4) is 11.4 Å². The average molecular weight is 410 g/mol. The molecule has 3 aromatic rings. The fourth-order valence-electron chi connectivity index (χ4n) is 3.53. The average Bonchev–Trinajstić information content (AvgIpc) is 3.26. The minimum absolute atomic E-state index is 0.128. The molecule has 0 unspecified atom stereocenters. The lowest BCUT2D eigenvalue weighted by molar-refractivity contribution is 0.300. The fraction of sp³-hybridized carbons (Fsp3) is 0.304. The van der Waals surface area contributed by atoms with Crippen LogP contribution < -0.4 is 10.3 Å². The molecular weight excluding hydrogens is 386 g/mol. The van der Waals surface area contributed by atoms with Gasteiger partial charge in [-0.2, -0.15) is 0 Å². The van der Waals surface area contributed by atoms with Gasteiger partial charge < -0.3 is 9.64 Å². The highest BCUT2D eigenvalue weighted by Gasteiger charge is 2.11. The van der Waals surface area contributed by atoms with E-state index in [1.807, 2.05) is 12.1 Å². The summed E-state index contributed by atoms with van der Waals surface area (Å²) in [6.07, 6.45) is 7.00. The number of aromatic nitrogens is 2. The standard InChI is InChI=1S/C23H24ClN3O2/c24-19-5-6-20(25-16-19)17-29-22-10-14-27(23(28)15-22)21-7-3-18(4-8-21)9-13-26-11-1-2-12-26/h3-8,10,14-16H,1-2,9,11-13,17H2. The van der Waals surface area contributed by atoms with E-state index in [0.29, 0.717) is 10.8 Å². The minimum atomic E-state index is -0.128. The first-order valence-corrected chi connectivity index (χ1v) is 10.3. The highest BCUT2D eigenvalue weighted by molar-refractivity contribution is 6.30. The number of halogens is 1. The van der Waals surface area contributed by atoms with Gasteiger partial charge in [-0.15, -0.1) is 0 Å². The molecule has 0 amide bonds. The molecule has 0 spiro atoms. The fourth-order valence-corrected chi connectivity index (χ4v) is 3.64. The lowest BCUT2D eigenvalue weighted by atomic mass is 10.1. The molecule has 3 heterocycles. The van der Waals surface area contributed by atoms with E-state index >= 15 is 0 Å². The molecule has 2 aromatic heterocycles. The maximum atomic E-state index is 12.5. The van der Waals surface area contributed by atoms with Gasteiger partial charge in [0.1, 0.15) is 12.4 Å². The topological polar surface area (TPSA) is 47.4 Å². The molecule has 0 radical (unpaired) electrons. The van der Waals surface area contributed by atoms with Crippen LogP contribution in [0.2, 0.25) is 5.02 Å². The predicted molar refractivity (Wildman–Crippen MR) is 115 cm³/mol. The van der Waals surface area contributed by atoms with Crippen molar-refractivity contribution in [2.75, 3.05) is 19.6 Å². The zero-order valence-electron chi connectivity index (χ0n) is 16.3. The van der Waals surface area contributed by atoms with Crippen molar-refractivity contribution < 1.29 is 4.74 Å². The van der Waals surface area contributed by atoms with E-state index in [9.17, 15) is 4.79 Å². The lowest BCUT2D eigenvalue weighted by Crippen LogP contribution is -2.22. The van der Waals surface area contributed by atoms with E-state index in [1.54, 1.807) is 35.2 Å². The zero-order valence-corrected chi connectivity index (χ0v) is 17.0. The summed E-state index contributed by atoms with van der Waals surface area (Å²) < 4.78 is 7.30. The van der Waals surface area contributed by atoms with Crippen LogP contribution in [-0.2, 0) is 13.0 Å². The van der Waals surface area contributed by atoms with Crippen LogP contribution in [0.15, 0.2) is 65.7 Å². The number of pyridine rings is 2. The molecule has 4 rings (SSSR count). The molecule has 1 aliphatic rings. The van der Waals surface area contributed by atoms with E-state index in [-0.39, 0.29) is 12.2 Å². The molecule has 1 aromatic carbocycles. The van der Waals surface area contributed by atoms with Gasteiger partial charge in [-0.25, -0.2) is 0 Å². The molecule has 0 atom stereocenters. The van der Waals surface area contributed by atoms with Gasteiger partial charge in [-0.3, -0.25) is 14.3 Å². The molecule has 6 heteroatoms. The maximum absolute atomic E-state index is 12.5. The quantitative estimate of drug-likeness (QED) is 0.589. The number of ether oxygens (including phenoxy) is 1. The Hall–Kier alpha value is -2.63. The van der Waals surface area contributed by atoms with Gasteiger partial charge >= 0.3 is 0 Å². The van der Waals surface area contributed by atoms with E-state index in [4.69, 9.17) is 16.3 Å². The highest BCUT2D eigenvalue weighted by Crippen LogP contribution is 2.14. The first-order chi connectivity index (χ1) is 14.2. The molecule has 1 saturated heterocycles. The van der Waals surface area contributed by atoms with Gasteiger partial charge in [0.2, 0.25) is 0 Å². The summed E-state index contributed by atoms with van der Waals surface area (Å²) in [7, 11) is 0. The van der Waals surface area contributed by atoms with Crippen molar-refractivity contribution in [1.82, 2.24) is 14.5 Å². The lowest BCUT2D eigenvalue weighted by Gasteiger charge is -2.14. The van der Waals surface area contributed by atoms with Crippen LogP contribution in [0, 0.1) is 0 Å². The third-order valence-electron chi connectivity index (χ3n) is 5.20. The number of likely N-dealkylation sites (tertiary alicyclic amines) is 1. The number of rotatable bonds is 7. The Balaban J connectivity index is 1.38. The van der Waals surface area contributed by atoms with Gasteiger partial charge in [0.15, 0.2) is 0 Å². The van der Waals surface area contributed by atoms with Crippen LogP contribution in [0.4, 0.5) is 0 Å². The molecule has 5 nitrogen and oxygen atoms in total. The van der Waals surface area contributed by atoms with Crippen molar-refractivity contribution in [3.63, 3.8) is 0 Å². The summed E-state index contributed by atoms with van der Waals surface area (Å²) in [6.45, 7) is 3.83. The van der Waals surface area contributed by atoms with Crippen LogP contribution in [0.5, 0.6) is 5.75 Å². The van der Waals surface area contributed by atoms with Gasteiger partial charge in [0.05, 0.1) is 10.7 Å². The third kappa shape index (κ3) is 5.25. The number of hydrogen-bond donors (Lipinski definition) is 0. The van der Waals surface area contributed by atoms with Crippen LogP contribution >= 0.6 is 11.6 Å². The smallest absolute Gasteiger partial charge is 0.258 e. The summed E-state index contributed by atoms with van der Waals surface area (Å²) in [5.74, 6) is 0.519. The highest BCUT2D eigenvalue weighted by atomic mass is 35.5.